The molecule has 0 aromatic heterocycles. The van der Waals surface area contributed by atoms with Gasteiger partial charge in [-0.3, -0.25) is 14.5 Å². The normalized spacial score (nSPS) is 35.8. The summed E-state index contributed by atoms with van der Waals surface area (Å²) < 4.78 is 0. The van der Waals surface area contributed by atoms with Gasteiger partial charge in [0, 0.05) is 0 Å². The lowest BCUT2D eigenvalue weighted by Gasteiger charge is -2.30. The van der Waals surface area contributed by atoms with Gasteiger partial charge in [0.2, 0.25) is 11.8 Å². The number of rotatable bonds is 2. The summed E-state index contributed by atoms with van der Waals surface area (Å²) >= 11 is 0. The zero-order chi connectivity index (χ0) is 19.4. The van der Waals surface area contributed by atoms with Crippen LogP contribution in [-0.4, -0.2) is 11.8 Å². The SMILES string of the molecule is C.CC.O=C1C2CC3CC(C4CC34)C2C(=O)N1c1cccc(C2=CCCC=C2)c1. The summed E-state index contributed by atoms with van der Waals surface area (Å²) in [4.78, 5) is 27.9. The Morgan fingerprint density at radius 2 is 1.76 bits per heavy atom. The van der Waals surface area contributed by atoms with Crippen molar-refractivity contribution in [3.63, 3.8) is 0 Å². The van der Waals surface area contributed by atoms with E-state index in [2.05, 4.69) is 24.3 Å². The number of hydrogen-bond acceptors (Lipinski definition) is 2. The van der Waals surface area contributed by atoms with Crippen molar-refractivity contribution >= 4 is 23.1 Å². The van der Waals surface area contributed by atoms with Crippen molar-refractivity contribution in [2.45, 2.75) is 53.4 Å². The molecule has 154 valence electrons. The van der Waals surface area contributed by atoms with Crippen molar-refractivity contribution < 1.29 is 9.59 Å². The van der Waals surface area contributed by atoms with Crippen molar-refractivity contribution in [3.8, 4) is 0 Å². The fraction of sp³-hybridized carbons (Fsp3) is 0.538. The van der Waals surface area contributed by atoms with Gasteiger partial charge in [0.05, 0.1) is 17.5 Å². The first-order valence-corrected chi connectivity index (χ1v) is 11.1. The van der Waals surface area contributed by atoms with Crippen molar-refractivity contribution in [1.82, 2.24) is 0 Å². The molecule has 1 saturated heterocycles. The molecule has 1 aliphatic heterocycles. The van der Waals surface area contributed by atoms with Crippen molar-refractivity contribution in [2.75, 3.05) is 4.90 Å². The molecule has 2 amide bonds. The molecule has 1 aromatic carbocycles. The quantitative estimate of drug-likeness (QED) is 0.592. The largest absolute Gasteiger partial charge is 0.274 e. The Hall–Kier alpha value is -2.16. The molecule has 3 heteroatoms. The van der Waals surface area contributed by atoms with E-state index in [0.29, 0.717) is 11.8 Å². The minimum Gasteiger partial charge on any atom is -0.274 e. The van der Waals surface area contributed by atoms with E-state index in [-0.39, 0.29) is 31.1 Å². The number of allylic oxidation sites excluding steroid dienone is 4. The summed E-state index contributed by atoms with van der Waals surface area (Å²) in [6.45, 7) is 4.00. The summed E-state index contributed by atoms with van der Waals surface area (Å²) in [6, 6.07) is 7.98. The van der Waals surface area contributed by atoms with Crippen LogP contribution < -0.4 is 4.90 Å². The monoisotopic (exact) mass is 391 g/mol. The lowest BCUT2D eigenvalue weighted by atomic mass is 9.71. The van der Waals surface area contributed by atoms with E-state index in [0.717, 1.165) is 42.3 Å². The highest BCUT2D eigenvalue weighted by Gasteiger charge is 2.66. The molecule has 29 heavy (non-hydrogen) atoms. The van der Waals surface area contributed by atoms with E-state index in [9.17, 15) is 9.59 Å². The molecule has 4 aliphatic carbocycles. The topological polar surface area (TPSA) is 37.4 Å². The summed E-state index contributed by atoms with van der Waals surface area (Å²) in [5, 5.41) is 0. The molecule has 0 radical (unpaired) electrons. The van der Waals surface area contributed by atoms with Crippen LogP contribution in [0.2, 0.25) is 0 Å². The van der Waals surface area contributed by atoms with E-state index in [1.54, 1.807) is 0 Å². The van der Waals surface area contributed by atoms with Crippen LogP contribution in [0.4, 0.5) is 5.69 Å². The first kappa shape index (κ1) is 20.1. The molecule has 2 bridgehead atoms. The molecule has 1 aromatic rings. The van der Waals surface area contributed by atoms with Gasteiger partial charge in [0.15, 0.2) is 0 Å². The third-order valence-corrected chi connectivity index (χ3v) is 7.55. The molecule has 3 nitrogen and oxygen atoms in total. The smallest absolute Gasteiger partial charge is 0.237 e. The molecule has 1 heterocycles. The van der Waals surface area contributed by atoms with Gasteiger partial charge in [-0.25, -0.2) is 0 Å². The van der Waals surface area contributed by atoms with E-state index in [1.807, 2.05) is 32.0 Å². The van der Waals surface area contributed by atoms with Crippen LogP contribution >= 0.6 is 0 Å². The van der Waals surface area contributed by atoms with E-state index < -0.39 is 0 Å². The Bertz CT molecular complexity index is 882. The fourth-order valence-corrected chi connectivity index (χ4v) is 6.36. The van der Waals surface area contributed by atoms with Gasteiger partial charge < -0.3 is 0 Å². The van der Waals surface area contributed by atoms with Crippen LogP contribution in [0.3, 0.4) is 0 Å². The molecular formula is C26H33NO2. The molecule has 6 unspecified atom stereocenters. The molecule has 0 N–H and O–H groups in total. The summed E-state index contributed by atoms with van der Waals surface area (Å²) in [7, 11) is 0. The standard InChI is InChI=1S/C23H23NO2.C2H6.CH4/c25-22-20-11-15-10-19(18-12-17(15)18)21(20)23(26)24(22)16-8-4-7-14(9-16)13-5-2-1-3-6-13;1-2;/h2,4-9,15,17-21H,1,3,10-12H2;1-2H3;1H4. The van der Waals surface area contributed by atoms with Crippen molar-refractivity contribution in [2.24, 2.45) is 35.5 Å². The zero-order valence-electron chi connectivity index (χ0n) is 16.8. The number of carbonyl (C=O) groups is 2. The molecule has 4 fully saturated rings. The van der Waals surface area contributed by atoms with Crippen LogP contribution in [0, 0.1) is 35.5 Å². The Morgan fingerprint density at radius 1 is 0.931 bits per heavy atom. The predicted molar refractivity (Wildman–Crippen MR) is 118 cm³/mol. The average molecular weight is 392 g/mol. The molecular weight excluding hydrogens is 358 g/mol. The minimum absolute atomic E-state index is 0. The first-order chi connectivity index (χ1) is 13.7. The summed E-state index contributed by atoms with van der Waals surface area (Å²) in [6.07, 6.45) is 12.1. The van der Waals surface area contributed by atoms with Crippen molar-refractivity contribution in [3.05, 3.63) is 48.1 Å². The lowest BCUT2D eigenvalue weighted by Crippen LogP contribution is -2.33. The number of imide groups is 1. The maximum atomic E-state index is 13.3. The predicted octanol–water partition coefficient (Wildman–Crippen LogP) is 5.86. The van der Waals surface area contributed by atoms with Gasteiger partial charge in [0.1, 0.15) is 0 Å². The van der Waals surface area contributed by atoms with Gasteiger partial charge in [-0.1, -0.05) is 51.6 Å². The zero-order valence-corrected chi connectivity index (χ0v) is 16.8. The third kappa shape index (κ3) is 3.01. The number of nitrogens with zero attached hydrogens (tertiary/aromatic N) is 1. The maximum absolute atomic E-state index is 13.3. The lowest BCUT2D eigenvalue weighted by molar-refractivity contribution is -0.123. The fourth-order valence-electron chi connectivity index (χ4n) is 6.36. The highest BCUT2D eigenvalue weighted by atomic mass is 16.2. The number of anilines is 1. The highest BCUT2D eigenvalue weighted by molar-refractivity contribution is 6.22. The minimum atomic E-state index is -0.0588. The van der Waals surface area contributed by atoms with Crippen LogP contribution in [0.5, 0.6) is 0 Å². The first-order valence-electron chi connectivity index (χ1n) is 11.1. The number of hydrogen-bond donors (Lipinski definition) is 0. The van der Waals surface area contributed by atoms with Crippen LogP contribution in [-0.2, 0) is 9.59 Å². The number of benzene rings is 1. The average Bonchev–Trinajstić information content (AvgIpc) is 3.45. The number of fused-ring (bicyclic) bond motifs is 7. The van der Waals surface area contributed by atoms with Gasteiger partial charge >= 0.3 is 0 Å². The van der Waals surface area contributed by atoms with Gasteiger partial charge in [-0.2, -0.15) is 0 Å². The van der Waals surface area contributed by atoms with E-state index in [1.165, 1.54) is 23.3 Å². The number of amides is 2. The van der Waals surface area contributed by atoms with Gasteiger partial charge in [-0.15, -0.1) is 0 Å². The molecule has 0 spiro atoms. The second-order valence-electron chi connectivity index (χ2n) is 8.79. The Balaban J connectivity index is 0.000000664. The van der Waals surface area contributed by atoms with Crippen molar-refractivity contribution in [1.29, 1.82) is 0 Å². The van der Waals surface area contributed by atoms with Gasteiger partial charge in [0.25, 0.3) is 0 Å². The second kappa shape index (κ2) is 7.59. The molecule has 3 saturated carbocycles. The van der Waals surface area contributed by atoms with Crippen LogP contribution in [0.25, 0.3) is 5.57 Å². The molecule has 6 rings (SSSR count). The van der Waals surface area contributed by atoms with E-state index >= 15 is 0 Å². The maximum Gasteiger partial charge on any atom is 0.237 e. The van der Waals surface area contributed by atoms with Crippen LogP contribution in [0.15, 0.2) is 42.5 Å². The second-order valence-corrected chi connectivity index (χ2v) is 8.79. The van der Waals surface area contributed by atoms with Crippen LogP contribution in [0.1, 0.15) is 58.9 Å². The number of carbonyl (C=O) groups excluding carboxylic acids is 2. The molecule has 5 aliphatic rings. The third-order valence-electron chi connectivity index (χ3n) is 7.55. The molecule has 6 atom stereocenters. The Kier molecular flexibility index (Phi) is 5.27. The summed E-state index contributed by atoms with van der Waals surface area (Å²) in [5.41, 5.74) is 3.04. The highest BCUT2D eigenvalue weighted by Crippen LogP contribution is 2.67. The summed E-state index contributed by atoms with van der Waals surface area (Å²) in [5.74, 6) is 2.75. The Morgan fingerprint density at radius 3 is 2.52 bits per heavy atom. The van der Waals surface area contributed by atoms with E-state index in [4.69, 9.17) is 0 Å². The van der Waals surface area contributed by atoms with Gasteiger partial charge in [-0.05, 0) is 79.0 Å². The Labute approximate surface area is 174 Å².